The van der Waals surface area contributed by atoms with Crippen LogP contribution >= 0.6 is 0 Å². The molecule has 2 aliphatic heterocycles. The lowest BCUT2D eigenvalue weighted by Gasteiger charge is -2.16. The van der Waals surface area contributed by atoms with E-state index in [1.165, 1.54) is 0 Å². The molecule has 2 fully saturated rings. The van der Waals surface area contributed by atoms with Crippen LogP contribution in [0.5, 0.6) is 0 Å². The molecule has 3 amide bonds. The third kappa shape index (κ3) is 2.59. The minimum Gasteiger partial charge on any atom is -0.354 e. The van der Waals surface area contributed by atoms with E-state index in [1.807, 2.05) is 0 Å². The molecule has 84 valence electrons. The van der Waals surface area contributed by atoms with Crippen LogP contribution in [0.15, 0.2) is 0 Å². The van der Waals surface area contributed by atoms with Gasteiger partial charge in [0, 0.05) is 45.2 Å². The minimum absolute atomic E-state index is 0.0115. The van der Waals surface area contributed by atoms with Gasteiger partial charge in [-0.25, -0.2) is 4.79 Å². The first-order valence-corrected chi connectivity index (χ1v) is 5.28. The maximum atomic E-state index is 11.2. The second kappa shape index (κ2) is 4.48. The van der Waals surface area contributed by atoms with Gasteiger partial charge in [-0.3, -0.25) is 4.79 Å². The molecule has 2 saturated heterocycles. The summed E-state index contributed by atoms with van der Waals surface area (Å²) in [6.45, 7) is 3.67. The number of nitrogens with one attached hydrogen (secondary N) is 3. The topological polar surface area (TPSA) is 73.5 Å². The van der Waals surface area contributed by atoms with Gasteiger partial charge in [0.05, 0.1) is 0 Å². The minimum atomic E-state index is 0.0115. The summed E-state index contributed by atoms with van der Waals surface area (Å²) >= 11 is 0. The summed E-state index contributed by atoms with van der Waals surface area (Å²) in [5.74, 6) is 0.103. The van der Waals surface area contributed by atoms with Gasteiger partial charge in [0.15, 0.2) is 0 Å². The van der Waals surface area contributed by atoms with Gasteiger partial charge in [0.25, 0.3) is 0 Å². The lowest BCUT2D eigenvalue weighted by molar-refractivity contribution is -0.119. The molecule has 1 atom stereocenters. The van der Waals surface area contributed by atoms with E-state index in [9.17, 15) is 9.59 Å². The fraction of sp³-hybridized carbons (Fsp3) is 0.778. The van der Waals surface area contributed by atoms with Gasteiger partial charge in [-0.15, -0.1) is 0 Å². The standard InChI is InChI=1S/C9H16N4O2/c14-8-5-7(6-12-8)10-1-3-13-4-2-11-9(13)15/h7,10H,1-6H2,(H,11,15)(H,12,14). The fourth-order valence-electron chi connectivity index (χ4n) is 1.88. The summed E-state index contributed by atoms with van der Waals surface area (Å²) in [5, 5.41) is 8.76. The quantitative estimate of drug-likeness (QED) is 0.530. The Balaban J connectivity index is 1.62. The molecule has 2 rings (SSSR count). The second-order valence-corrected chi connectivity index (χ2v) is 3.88. The van der Waals surface area contributed by atoms with Crippen LogP contribution in [0.2, 0.25) is 0 Å². The first kappa shape index (κ1) is 10.2. The molecule has 1 unspecified atom stereocenters. The number of amides is 3. The zero-order valence-corrected chi connectivity index (χ0v) is 8.58. The average Bonchev–Trinajstić information content (AvgIpc) is 2.77. The number of carbonyl (C=O) groups excluding carboxylic acids is 2. The highest BCUT2D eigenvalue weighted by Crippen LogP contribution is 1.99. The monoisotopic (exact) mass is 212 g/mol. The molecule has 6 nitrogen and oxygen atoms in total. The summed E-state index contributed by atoms with van der Waals surface area (Å²) in [4.78, 5) is 23.8. The predicted molar refractivity (Wildman–Crippen MR) is 54.4 cm³/mol. The highest BCUT2D eigenvalue weighted by Gasteiger charge is 2.22. The molecule has 2 aliphatic rings. The van der Waals surface area contributed by atoms with Crippen LogP contribution < -0.4 is 16.0 Å². The molecule has 0 aromatic carbocycles. The fourth-order valence-corrected chi connectivity index (χ4v) is 1.88. The molecule has 0 aliphatic carbocycles. The van der Waals surface area contributed by atoms with Crippen molar-refractivity contribution < 1.29 is 9.59 Å². The van der Waals surface area contributed by atoms with Gasteiger partial charge < -0.3 is 20.9 Å². The number of hydrogen-bond donors (Lipinski definition) is 3. The number of carbonyl (C=O) groups is 2. The zero-order chi connectivity index (χ0) is 10.7. The van der Waals surface area contributed by atoms with E-state index in [4.69, 9.17) is 0 Å². The number of rotatable bonds is 4. The number of nitrogens with zero attached hydrogens (tertiary/aromatic N) is 1. The molecule has 15 heavy (non-hydrogen) atoms. The van der Waals surface area contributed by atoms with E-state index in [0.29, 0.717) is 19.5 Å². The van der Waals surface area contributed by atoms with E-state index in [2.05, 4.69) is 16.0 Å². The van der Waals surface area contributed by atoms with Crippen LogP contribution in [-0.4, -0.2) is 55.6 Å². The van der Waals surface area contributed by atoms with Gasteiger partial charge in [0.2, 0.25) is 5.91 Å². The van der Waals surface area contributed by atoms with Crippen LogP contribution in [0, 0.1) is 0 Å². The van der Waals surface area contributed by atoms with E-state index in [1.54, 1.807) is 4.90 Å². The SMILES string of the molecule is O=C1CC(NCCN2CCNC2=O)CN1. The lowest BCUT2D eigenvalue weighted by Crippen LogP contribution is -2.39. The maximum absolute atomic E-state index is 11.2. The third-order valence-corrected chi connectivity index (χ3v) is 2.74. The normalized spacial score (nSPS) is 25.6. The van der Waals surface area contributed by atoms with Crippen LogP contribution in [0.1, 0.15) is 6.42 Å². The Morgan fingerprint density at radius 1 is 1.40 bits per heavy atom. The summed E-state index contributed by atoms with van der Waals surface area (Å²) in [5.41, 5.74) is 0. The molecule has 0 aromatic heterocycles. The Bertz CT molecular complexity index is 269. The smallest absolute Gasteiger partial charge is 0.317 e. The lowest BCUT2D eigenvalue weighted by atomic mass is 10.2. The molecule has 6 heteroatoms. The van der Waals surface area contributed by atoms with E-state index < -0.39 is 0 Å². The Morgan fingerprint density at radius 3 is 2.87 bits per heavy atom. The van der Waals surface area contributed by atoms with E-state index in [0.717, 1.165) is 19.6 Å². The number of urea groups is 1. The summed E-state index contributed by atoms with van der Waals surface area (Å²) in [6, 6.07) is 0.237. The van der Waals surface area contributed by atoms with Gasteiger partial charge in [0.1, 0.15) is 0 Å². The summed E-state index contributed by atoms with van der Waals surface area (Å²) in [7, 11) is 0. The maximum Gasteiger partial charge on any atom is 0.317 e. The van der Waals surface area contributed by atoms with Crippen molar-refractivity contribution in [1.29, 1.82) is 0 Å². The van der Waals surface area contributed by atoms with Gasteiger partial charge in [-0.2, -0.15) is 0 Å². The Labute approximate surface area is 88.4 Å². The molecular weight excluding hydrogens is 196 g/mol. The van der Waals surface area contributed by atoms with Crippen LogP contribution in [0.25, 0.3) is 0 Å². The first-order valence-electron chi connectivity index (χ1n) is 5.28. The van der Waals surface area contributed by atoms with Crippen LogP contribution in [0.4, 0.5) is 4.79 Å². The van der Waals surface area contributed by atoms with Crippen molar-refractivity contribution in [1.82, 2.24) is 20.9 Å². The highest BCUT2D eigenvalue weighted by molar-refractivity contribution is 5.79. The van der Waals surface area contributed by atoms with Gasteiger partial charge >= 0.3 is 6.03 Å². The van der Waals surface area contributed by atoms with Gasteiger partial charge in [-0.05, 0) is 0 Å². The van der Waals surface area contributed by atoms with E-state index >= 15 is 0 Å². The molecule has 3 N–H and O–H groups in total. The molecule has 0 aromatic rings. The van der Waals surface area contributed by atoms with E-state index in [-0.39, 0.29) is 18.0 Å². The van der Waals surface area contributed by atoms with Crippen LogP contribution in [0.3, 0.4) is 0 Å². The predicted octanol–water partition coefficient (Wildman–Crippen LogP) is -1.51. The van der Waals surface area contributed by atoms with Crippen molar-refractivity contribution >= 4 is 11.9 Å². The second-order valence-electron chi connectivity index (χ2n) is 3.88. The third-order valence-electron chi connectivity index (χ3n) is 2.74. The molecule has 0 bridgehead atoms. The van der Waals surface area contributed by atoms with Crippen molar-refractivity contribution in [2.75, 3.05) is 32.7 Å². The van der Waals surface area contributed by atoms with Crippen LogP contribution in [-0.2, 0) is 4.79 Å². The van der Waals surface area contributed by atoms with Crippen molar-refractivity contribution in [3.05, 3.63) is 0 Å². The molecule has 0 spiro atoms. The zero-order valence-electron chi connectivity index (χ0n) is 8.58. The Hall–Kier alpha value is -1.30. The van der Waals surface area contributed by atoms with Crippen molar-refractivity contribution in [3.63, 3.8) is 0 Å². The number of hydrogen-bond acceptors (Lipinski definition) is 3. The summed E-state index contributed by atoms with van der Waals surface area (Å²) < 4.78 is 0. The Kier molecular flexibility index (Phi) is 3.05. The van der Waals surface area contributed by atoms with Crippen molar-refractivity contribution in [2.24, 2.45) is 0 Å². The molecular formula is C9H16N4O2. The van der Waals surface area contributed by atoms with Crippen molar-refractivity contribution in [2.45, 2.75) is 12.5 Å². The average molecular weight is 212 g/mol. The highest BCUT2D eigenvalue weighted by atomic mass is 16.2. The molecule has 0 saturated carbocycles. The largest absolute Gasteiger partial charge is 0.354 e. The first-order chi connectivity index (χ1) is 7.25. The molecule has 2 heterocycles. The van der Waals surface area contributed by atoms with Crippen molar-refractivity contribution in [3.8, 4) is 0 Å². The summed E-state index contributed by atoms with van der Waals surface area (Å²) in [6.07, 6.45) is 0.548. The molecule has 0 radical (unpaired) electrons. The van der Waals surface area contributed by atoms with Gasteiger partial charge in [-0.1, -0.05) is 0 Å². The Morgan fingerprint density at radius 2 is 2.27 bits per heavy atom.